The number of carbonyl (C=O) groups is 1. The number of halogens is 1. The number of aromatic nitrogens is 1. The van der Waals surface area contributed by atoms with Gasteiger partial charge in [-0.1, -0.05) is 0 Å². The van der Waals surface area contributed by atoms with Crippen LogP contribution in [-0.2, 0) is 4.79 Å². The zero-order valence-corrected chi connectivity index (χ0v) is 10.3. The van der Waals surface area contributed by atoms with Crippen molar-refractivity contribution in [2.75, 3.05) is 5.32 Å². The van der Waals surface area contributed by atoms with Gasteiger partial charge in [0.25, 0.3) is 0 Å². The number of nitrogens with zero attached hydrogens (tertiary/aromatic N) is 1. The van der Waals surface area contributed by atoms with Gasteiger partial charge in [-0.3, -0.25) is 9.78 Å². The first-order chi connectivity index (χ1) is 6.88. The number of hydrogen-bond acceptors (Lipinski definition) is 3. The first-order valence-electron chi connectivity index (χ1n) is 4.57. The molecule has 5 heteroatoms. The van der Waals surface area contributed by atoms with Gasteiger partial charge in [0.2, 0.25) is 5.91 Å². The van der Waals surface area contributed by atoms with Crippen LogP contribution in [0.4, 0.5) is 5.69 Å². The monoisotopic (exact) mass is 271 g/mol. The van der Waals surface area contributed by atoms with Crippen LogP contribution < -0.4 is 11.1 Å². The number of pyridine rings is 1. The quantitative estimate of drug-likeness (QED) is 0.883. The predicted octanol–water partition coefficient (Wildman–Crippen LogP) is 1.91. The molecule has 15 heavy (non-hydrogen) atoms. The normalized spacial score (nSPS) is 11.2. The van der Waals surface area contributed by atoms with E-state index in [2.05, 4.69) is 26.2 Å². The van der Waals surface area contributed by atoms with E-state index >= 15 is 0 Å². The molecule has 0 atom stereocenters. The summed E-state index contributed by atoms with van der Waals surface area (Å²) in [5, 5.41) is 2.76. The first-order valence-corrected chi connectivity index (χ1v) is 5.36. The molecule has 1 aromatic heterocycles. The highest BCUT2D eigenvalue weighted by Gasteiger charge is 2.16. The minimum absolute atomic E-state index is 0.102. The molecule has 3 N–H and O–H groups in total. The Morgan fingerprint density at radius 2 is 2.33 bits per heavy atom. The summed E-state index contributed by atoms with van der Waals surface area (Å²) in [6, 6.07) is 1.73. The van der Waals surface area contributed by atoms with Crippen molar-refractivity contribution in [3.05, 3.63) is 22.9 Å². The van der Waals surface area contributed by atoms with Crippen LogP contribution in [0.1, 0.15) is 20.3 Å². The van der Waals surface area contributed by atoms with Gasteiger partial charge in [0.1, 0.15) is 0 Å². The average molecular weight is 272 g/mol. The smallest absolute Gasteiger partial charge is 0.226 e. The summed E-state index contributed by atoms with van der Waals surface area (Å²) < 4.78 is 0.758. The molecule has 0 unspecified atom stereocenters. The average Bonchev–Trinajstić information content (AvgIpc) is 2.05. The van der Waals surface area contributed by atoms with E-state index < -0.39 is 5.54 Å². The fourth-order valence-electron chi connectivity index (χ4n) is 1.08. The summed E-state index contributed by atoms with van der Waals surface area (Å²) in [6.45, 7) is 3.63. The van der Waals surface area contributed by atoms with Crippen molar-refractivity contribution in [1.82, 2.24) is 4.98 Å². The molecular formula is C10H14BrN3O. The van der Waals surface area contributed by atoms with E-state index in [1.54, 1.807) is 18.5 Å². The third kappa shape index (κ3) is 4.40. The highest BCUT2D eigenvalue weighted by Crippen LogP contribution is 2.20. The molecule has 0 bridgehead atoms. The van der Waals surface area contributed by atoms with E-state index in [1.165, 1.54) is 0 Å². The van der Waals surface area contributed by atoms with Crippen molar-refractivity contribution in [2.24, 2.45) is 5.73 Å². The number of nitrogens with two attached hydrogens (primary N) is 1. The van der Waals surface area contributed by atoms with Gasteiger partial charge in [0.05, 0.1) is 10.2 Å². The van der Waals surface area contributed by atoms with Gasteiger partial charge < -0.3 is 11.1 Å². The lowest BCUT2D eigenvalue weighted by molar-refractivity contribution is -0.117. The van der Waals surface area contributed by atoms with Crippen molar-refractivity contribution in [1.29, 1.82) is 0 Å². The largest absolute Gasteiger partial charge is 0.325 e. The number of carbonyl (C=O) groups excluding carboxylic acids is 1. The topological polar surface area (TPSA) is 68.0 Å². The van der Waals surface area contributed by atoms with Gasteiger partial charge >= 0.3 is 0 Å². The lowest BCUT2D eigenvalue weighted by Crippen LogP contribution is -2.36. The number of anilines is 1. The van der Waals surface area contributed by atoms with Gasteiger partial charge in [-0.05, 0) is 35.8 Å². The zero-order chi connectivity index (χ0) is 11.5. The second-order valence-corrected chi connectivity index (χ2v) is 4.92. The highest BCUT2D eigenvalue weighted by molar-refractivity contribution is 9.10. The van der Waals surface area contributed by atoms with Crippen LogP contribution in [0.5, 0.6) is 0 Å². The molecule has 0 aromatic carbocycles. The van der Waals surface area contributed by atoms with E-state index in [4.69, 9.17) is 5.73 Å². The summed E-state index contributed by atoms with van der Waals surface area (Å²) in [6.07, 6.45) is 3.53. The van der Waals surface area contributed by atoms with Gasteiger partial charge in [0, 0.05) is 24.4 Å². The summed E-state index contributed by atoms with van der Waals surface area (Å²) in [7, 11) is 0. The maximum atomic E-state index is 11.5. The molecule has 0 spiro atoms. The molecule has 0 saturated carbocycles. The number of nitrogens with one attached hydrogen (secondary N) is 1. The highest BCUT2D eigenvalue weighted by atomic mass is 79.9. The number of hydrogen-bond donors (Lipinski definition) is 2. The minimum Gasteiger partial charge on any atom is -0.325 e. The van der Waals surface area contributed by atoms with Gasteiger partial charge in [-0.25, -0.2) is 0 Å². The summed E-state index contributed by atoms with van der Waals surface area (Å²) in [5.41, 5.74) is 5.95. The number of rotatable bonds is 3. The Bertz CT molecular complexity index is 360. The van der Waals surface area contributed by atoms with Gasteiger partial charge in [0.15, 0.2) is 0 Å². The van der Waals surface area contributed by atoms with Crippen LogP contribution in [0, 0.1) is 0 Å². The molecule has 1 aromatic rings. The van der Waals surface area contributed by atoms with Crippen LogP contribution in [0.15, 0.2) is 22.9 Å². The maximum Gasteiger partial charge on any atom is 0.226 e. The third-order valence-corrected chi connectivity index (χ3v) is 2.29. The molecule has 82 valence electrons. The van der Waals surface area contributed by atoms with Crippen LogP contribution in [0.25, 0.3) is 0 Å². The zero-order valence-electron chi connectivity index (χ0n) is 8.75. The molecule has 0 aliphatic rings. The van der Waals surface area contributed by atoms with E-state index in [0.29, 0.717) is 5.69 Å². The first kappa shape index (κ1) is 12.1. The van der Waals surface area contributed by atoms with Crippen LogP contribution >= 0.6 is 15.9 Å². The van der Waals surface area contributed by atoms with Crippen molar-refractivity contribution in [2.45, 2.75) is 25.8 Å². The molecule has 0 radical (unpaired) electrons. The molecule has 0 saturated heterocycles. The molecule has 0 aliphatic heterocycles. The summed E-state index contributed by atoms with van der Waals surface area (Å²) in [5.74, 6) is -0.102. The van der Waals surface area contributed by atoms with Gasteiger partial charge in [-0.2, -0.15) is 0 Å². The van der Waals surface area contributed by atoms with Crippen molar-refractivity contribution in [3.63, 3.8) is 0 Å². The fraction of sp³-hybridized carbons (Fsp3) is 0.400. The Labute approximate surface area is 97.4 Å². The minimum atomic E-state index is -0.496. The molecule has 0 fully saturated rings. The van der Waals surface area contributed by atoms with E-state index in [-0.39, 0.29) is 12.3 Å². The lowest BCUT2D eigenvalue weighted by atomic mass is 10.0. The second kappa shape index (κ2) is 4.72. The van der Waals surface area contributed by atoms with Crippen molar-refractivity contribution in [3.8, 4) is 0 Å². The Balaban J connectivity index is 2.64. The Kier molecular flexibility index (Phi) is 3.82. The maximum absolute atomic E-state index is 11.5. The Hall–Kier alpha value is -0.940. The molecule has 1 heterocycles. The van der Waals surface area contributed by atoms with Crippen molar-refractivity contribution >= 4 is 27.5 Å². The third-order valence-electron chi connectivity index (χ3n) is 1.66. The summed E-state index contributed by atoms with van der Waals surface area (Å²) in [4.78, 5) is 15.5. The number of amides is 1. The van der Waals surface area contributed by atoms with E-state index in [9.17, 15) is 4.79 Å². The lowest BCUT2D eigenvalue weighted by Gasteiger charge is -2.17. The standard InChI is InChI=1S/C10H14BrN3O/c1-10(2,12)5-9(15)14-8-3-4-13-6-7(8)11/h3-4,6H,5,12H2,1-2H3,(H,13,14,15). The molecule has 1 amide bonds. The van der Waals surface area contributed by atoms with E-state index in [1.807, 2.05) is 13.8 Å². The van der Waals surface area contributed by atoms with Crippen LogP contribution in [-0.4, -0.2) is 16.4 Å². The molecular weight excluding hydrogens is 258 g/mol. The van der Waals surface area contributed by atoms with Crippen LogP contribution in [0.2, 0.25) is 0 Å². The van der Waals surface area contributed by atoms with Crippen molar-refractivity contribution < 1.29 is 4.79 Å². The van der Waals surface area contributed by atoms with E-state index in [0.717, 1.165) is 4.47 Å². The molecule has 1 rings (SSSR count). The van der Waals surface area contributed by atoms with Gasteiger partial charge in [-0.15, -0.1) is 0 Å². The molecule has 4 nitrogen and oxygen atoms in total. The predicted molar refractivity (Wildman–Crippen MR) is 63.5 cm³/mol. The SMILES string of the molecule is CC(C)(N)CC(=O)Nc1ccncc1Br. The fourth-order valence-corrected chi connectivity index (χ4v) is 1.43. The van der Waals surface area contributed by atoms with Crippen LogP contribution in [0.3, 0.4) is 0 Å². The summed E-state index contributed by atoms with van der Waals surface area (Å²) >= 11 is 3.30. The Morgan fingerprint density at radius 1 is 1.67 bits per heavy atom. The second-order valence-electron chi connectivity index (χ2n) is 4.07. The Morgan fingerprint density at radius 3 is 2.87 bits per heavy atom. The molecule has 0 aliphatic carbocycles.